The molecule has 1 aliphatic rings. The third-order valence-electron chi connectivity index (χ3n) is 3.01. The van der Waals surface area contributed by atoms with Gasteiger partial charge >= 0.3 is 5.97 Å². The fourth-order valence-corrected chi connectivity index (χ4v) is 2.34. The van der Waals surface area contributed by atoms with Gasteiger partial charge < -0.3 is 4.74 Å². The van der Waals surface area contributed by atoms with Crippen molar-refractivity contribution in [3.05, 3.63) is 0 Å². The molecule has 2 nitrogen and oxygen atoms in total. The van der Waals surface area contributed by atoms with Gasteiger partial charge in [0.25, 0.3) is 0 Å². The first-order chi connectivity index (χ1) is 6.27. The van der Waals surface area contributed by atoms with Gasteiger partial charge in [-0.05, 0) is 18.8 Å². The minimum Gasteiger partial charge on any atom is -0.469 e. The second-order valence-corrected chi connectivity index (χ2v) is 4.04. The van der Waals surface area contributed by atoms with Crippen molar-refractivity contribution < 1.29 is 9.53 Å². The molecule has 76 valence electrons. The summed E-state index contributed by atoms with van der Waals surface area (Å²) in [7, 11) is 1.49. The van der Waals surface area contributed by atoms with Gasteiger partial charge in [0, 0.05) is 0 Å². The Hall–Kier alpha value is -0.530. The van der Waals surface area contributed by atoms with E-state index in [0.29, 0.717) is 0 Å². The molecule has 2 unspecified atom stereocenters. The van der Waals surface area contributed by atoms with Crippen molar-refractivity contribution in [1.82, 2.24) is 0 Å². The first-order valence-electron chi connectivity index (χ1n) is 5.35. The fraction of sp³-hybridized carbons (Fsp3) is 0.909. The van der Waals surface area contributed by atoms with Gasteiger partial charge in [-0.25, -0.2) is 0 Å². The van der Waals surface area contributed by atoms with Crippen molar-refractivity contribution >= 4 is 5.97 Å². The maximum Gasteiger partial charge on any atom is 0.308 e. The summed E-state index contributed by atoms with van der Waals surface area (Å²) in [5.74, 6) is 0.957. The Labute approximate surface area is 80.7 Å². The first kappa shape index (κ1) is 10.6. The lowest BCUT2D eigenvalue weighted by molar-refractivity contribution is -0.147. The summed E-state index contributed by atoms with van der Waals surface area (Å²) < 4.78 is 4.78. The third-order valence-corrected chi connectivity index (χ3v) is 3.01. The Kier molecular flexibility index (Phi) is 4.26. The molecule has 0 amide bonds. The SMILES string of the molecule is CCCC1CCCC(C(=O)OC)C1. The summed E-state index contributed by atoms with van der Waals surface area (Å²) in [4.78, 5) is 11.3. The quantitative estimate of drug-likeness (QED) is 0.630. The summed E-state index contributed by atoms with van der Waals surface area (Å²) in [6.07, 6.45) is 7.10. The molecule has 0 aromatic rings. The molecule has 2 atom stereocenters. The molecule has 13 heavy (non-hydrogen) atoms. The number of carbonyl (C=O) groups is 1. The van der Waals surface area contributed by atoms with Crippen LogP contribution in [0, 0.1) is 11.8 Å². The van der Waals surface area contributed by atoms with E-state index in [1.165, 1.54) is 32.8 Å². The maximum absolute atomic E-state index is 11.3. The van der Waals surface area contributed by atoms with E-state index in [1.807, 2.05) is 0 Å². The molecule has 0 radical (unpaired) electrons. The topological polar surface area (TPSA) is 26.3 Å². The molecule has 1 aliphatic carbocycles. The Morgan fingerprint density at radius 3 is 2.85 bits per heavy atom. The van der Waals surface area contributed by atoms with Gasteiger partial charge in [0.15, 0.2) is 0 Å². The molecule has 2 heteroatoms. The van der Waals surface area contributed by atoms with Crippen LogP contribution in [-0.4, -0.2) is 13.1 Å². The van der Waals surface area contributed by atoms with Gasteiger partial charge in [0.05, 0.1) is 13.0 Å². The molecule has 1 rings (SSSR count). The smallest absolute Gasteiger partial charge is 0.308 e. The zero-order valence-electron chi connectivity index (χ0n) is 8.71. The van der Waals surface area contributed by atoms with E-state index in [-0.39, 0.29) is 11.9 Å². The highest BCUT2D eigenvalue weighted by Crippen LogP contribution is 2.32. The van der Waals surface area contributed by atoms with Crippen molar-refractivity contribution in [3.63, 3.8) is 0 Å². The van der Waals surface area contributed by atoms with Crippen molar-refractivity contribution in [2.45, 2.75) is 45.4 Å². The van der Waals surface area contributed by atoms with Crippen LogP contribution >= 0.6 is 0 Å². The van der Waals surface area contributed by atoms with E-state index in [9.17, 15) is 4.79 Å². The molecule has 0 aliphatic heterocycles. The van der Waals surface area contributed by atoms with Crippen LogP contribution in [0.3, 0.4) is 0 Å². The minimum absolute atomic E-state index is 0.000744. The number of rotatable bonds is 3. The summed E-state index contributed by atoms with van der Waals surface area (Å²) in [5, 5.41) is 0. The number of methoxy groups -OCH3 is 1. The zero-order valence-corrected chi connectivity index (χ0v) is 8.71. The van der Waals surface area contributed by atoms with Crippen molar-refractivity contribution in [2.75, 3.05) is 7.11 Å². The van der Waals surface area contributed by atoms with Crippen molar-refractivity contribution in [3.8, 4) is 0 Å². The highest BCUT2D eigenvalue weighted by atomic mass is 16.5. The summed E-state index contributed by atoms with van der Waals surface area (Å²) >= 11 is 0. The molecule has 0 heterocycles. The molecule has 0 aromatic heterocycles. The van der Waals surface area contributed by atoms with Crippen LogP contribution in [0.5, 0.6) is 0 Å². The summed E-state index contributed by atoms with van der Waals surface area (Å²) in [6, 6.07) is 0. The van der Waals surface area contributed by atoms with Crippen LogP contribution in [-0.2, 0) is 9.53 Å². The largest absolute Gasteiger partial charge is 0.469 e. The Balaban J connectivity index is 2.37. The molecule has 0 N–H and O–H groups in total. The average molecular weight is 184 g/mol. The van der Waals surface area contributed by atoms with E-state index in [1.54, 1.807) is 0 Å². The third kappa shape index (κ3) is 3.02. The standard InChI is InChI=1S/C11H20O2/c1-3-5-9-6-4-7-10(8-9)11(12)13-2/h9-10H,3-8H2,1-2H3. The Morgan fingerprint density at radius 1 is 1.46 bits per heavy atom. The van der Waals surface area contributed by atoms with Gasteiger partial charge in [-0.15, -0.1) is 0 Å². The van der Waals surface area contributed by atoms with Crippen LogP contribution in [0.2, 0.25) is 0 Å². The summed E-state index contributed by atoms with van der Waals surface area (Å²) in [5.41, 5.74) is 0. The fourth-order valence-electron chi connectivity index (χ4n) is 2.34. The van der Waals surface area contributed by atoms with E-state index in [2.05, 4.69) is 6.92 Å². The van der Waals surface area contributed by atoms with Crippen LogP contribution in [0.15, 0.2) is 0 Å². The van der Waals surface area contributed by atoms with Crippen LogP contribution in [0.4, 0.5) is 0 Å². The van der Waals surface area contributed by atoms with Crippen molar-refractivity contribution in [1.29, 1.82) is 0 Å². The lowest BCUT2D eigenvalue weighted by Gasteiger charge is -2.26. The minimum atomic E-state index is 0.000744. The van der Waals surface area contributed by atoms with E-state index >= 15 is 0 Å². The van der Waals surface area contributed by atoms with E-state index in [0.717, 1.165) is 18.8 Å². The summed E-state index contributed by atoms with van der Waals surface area (Å²) in [6.45, 7) is 2.21. The second kappa shape index (κ2) is 5.25. The normalized spacial score (nSPS) is 28.5. The second-order valence-electron chi connectivity index (χ2n) is 4.04. The molecule has 1 fully saturated rings. The van der Waals surface area contributed by atoms with Crippen molar-refractivity contribution in [2.24, 2.45) is 11.8 Å². The lowest BCUT2D eigenvalue weighted by Crippen LogP contribution is -2.23. The maximum atomic E-state index is 11.3. The molecular weight excluding hydrogens is 164 g/mol. The van der Waals surface area contributed by atoms with Crippen LogP contribution in [0.25, 0.3) is 0 Å². The monoisotopic (exact) mass is 184 g/mol. The number of carbonyl (C=O) groups excluding carboxylic acids is 1. The number of hydrogen-bond acceptors (Lipinski definition) is 2. The molecule has 0 aromatic carbocycles. The van der Waals surface area contributed by atoms with Gasteiger partial charge in [-0.1, -0.05) is 32.6 Å². The number of hydrogen-bond donors (Lipinski definition) is 0. The molecule has 1 saturated carbocycles. The molecule has 0 saturated heterocycles. The molecule has 0 spiro atoms. The molecular formula is C11H20O2. The Morgan fingerprint density at radius 2 is 2.23 bits per heavy atom. The van der Waals surface area contributed by atoms with Gasteiger partial charge in [-0.2, -0.15) is 0 Å². The van der Waals surface area contributed by atoms with E-state index < -0.39 is 0 Å². The van der Waals surface area contributed by atoms with Crippen LogP contribution < -0.4 is 0 Å². The van der Waals surface area contributed by atoms with E-state index in [4.69, 9.17) is 4.74 Å². The predicted octanol–water partition coefficient (Wildman–Crippen LogP) is 2.77. The van der Waals surface area contributed by atoms with Gasteiger partial charge in [0.2, 0.25) is 0 Å². The van der Waals surface area contributed by atoms with Gasteiger partial charge in [0.1, 0.15) is 0 Å². The van der Waals surface area contributed by atoms with Gasteiger partial charge in [-0.3, -0.25) is 4.79 Å². The lowest BCUT2D eigenvalue weighted by atomic mass is 9.79. The van der Waals surface area contributed by atoms with Crippen LogP contribution in [0.1, 0.15) is 45.4 Å². The number of ether oxygens (including phenoxy) is 1. The number of esters is 1. The average Bonchev–Trinajstić information content (AvgIpc) is 2.18. The first-order valence-corrected chi connectivity index (χ1v) is 5.35. The predicted molar refractivity (Wildman–Crippen MR) is 52.4 cm³/mol. The highest BCUT2D eigenvalue weighted by Gasteiger charge is 2.26. The molecule has 0 bridgehead atoms. The highest BCUT2D eigenvalue weighted by molar-refractivity contribution is 5.72. The zero-order chi connectivity index (χ0) is 9.68. The Bertz CT molecular complexity index is 163.